The van der Waals surface area contributed by atoms with Crippen molar-refractivity contribution in [2.24, 2.45) is 0 Å². The summed E-state index contributed by atoms with van der Waals surface area (Å²) in [5.74, 6) is 0.0327. The number of Topliss-reactive ketones (excluding diaryl/α,β-unsaturated/α-hetero) is 1. The summed E-state index contributed by atoms with van der Waals surface area (Å²) in [5, 5.41) is 0. The van der Waals surface area contributed by atoms with Crippen LogP contribution in [-0.2, 0) is 32.1 Å². The van der Waals surface area contributed by atoms with Crippen molar-refractivity contribution in [1.29, 1.82) is 0 Å². The molecule has 0 heterocycles. The molecule has 25 heavy (non-hydrogen) atoms. The summed E-state index contributed by atoms with van der Waals surface area (Å²) in [6.07, 6.45) is 4.73. The van der Waals surface area contributed by atoms with Crippen LogP contribution in [0, 0.1) is 0 Å². The van der Waals surface area contributed by atoms with Crippen LogP contribution in [0.5, 0.6) is 0 Å². The minimum Gasteiger partial charge on any atom is -0.780 e. The van der Waals surface area contributed by atoms with Crippen molar-refractivity contribution in [3.63, 3.8) is 0 Å². The van der Waals surface area contributed by atoms with E-state index in [9.17, 15) is 18.4 Å². The number of carbonyl (C=O) groups excluding carboxylic acids is 1. The van der Waals surface area contributed by atoms with Crippen LogP contribution in [-0.4, -0.2) is 28.3 Å². The third-order valence-electron chi connectivity index (χ3n) is 3.43. The largest absolute Gasteiger partial charge is 0.780 e. The SMILES string of the molecule is COP([O-])(=S)OCCCCCCCC(=O)c1ccc(NS(=O)[O-])cc1. The van der Waals surface area contributed by atoms with Gasteiger partial charge in [-0.25, -0.2) is 0 Å². The van der Waals surface area contributed by atoms with Crippen LogP contribution in [0.4, 0.5) is 5.69 Å². The molecule has 0 spiro atoms. The molecular formula is C15H22NO6PS2-2. The zero-order chi connectivity index (χ0) is 18.7. The van der Waals surface area contributed by atoms with Crippen LogP contribution >= 0.6 is 6.72 Å². The van der Waals surface area contributed by atoms with Gasteiger partial charge in [-0.3, -0.25) is 9.00 Å². The Balaban J connectivity index is 2.14. The number of rotatable bonds is 13. The summed E-state index contributed by atoms with van der Waals surface area (Å²) in [5.41, 5.74) is 0.987. The molecule has 0 aromatic heterocycles. The zero-order valence-corrected chi connectivity index (χ0v) is 16.5. The number of hydrogen-bond donors (Lipinski definition) is 1. The lowest BCUT2D eigenvalue weighted by Gasteiger charge is -2.24. The Labute approximate surface area is 155 Å². The van der Waals surface area contributed by atoms with Crippen molar-refractivity contribution < 1.29 is 27.5 Å². The normalized spacial score (nSPS) is 14.7. The van der Waals surface area contributed by atoms with Gasteiger partial charge in [-0.05, 0) is 37.1 Å². The number of carbonyl (C=O) groups is 1. The Hall–Kier alpha value is -0.670. The summed E-state index contributed by atoms with van der Waals surface area (Å²) in [4.78, 5) is 23.3. The molecule has 0 aliphatic carbocycles. The topological polar surface area (TPSA) is 111 Å². The molecule has 0 aliphatic rings. The van der Waals surface area contributed by atoms with Gasteiger partial charge in [0.2, 0.25) is 0 Å². The molecule has 1 rings (SSSR count). The highest BCUT2D eigenvalue weighted by molar-refractivity contribution is 8.06. The average Bonchev–Trinajstić information content (AvgIpc) is 2.57. The van der Waals surface area contributed by atoms with Gasteiger partial charge < -0.3 is 23.2 Å². The first-order valence-electron chi connectivity index (χ1n) is 7.84. The van der Waals surface area contributed by atoms with E-state index in [4.69, 9.17) is 4.52 Å². The molecule has 0 radical (unpaired) electrons. The third kappa shape index (κ3) is 10.2. The van der Waals surface area contributed by atoms with Crippen molar-refractivity contribution >= 4 is 41.3 Å². The Morgan fingerprint density at radius 1 is 1.20 bits per heavy atom. The molecule has 2 atom stereocenters. The molecule has 0 saturated heterocycles. The molecule has 1 aromatic rings. The maximum absolute atomic E-state index is 12.0. The summed E-state index contributed by atoms with van der Waals surface area (Å²) in [6, 6.07) is 6.33. The summed E-state index contributed by atoms with van der Waals surface area (Å²) < 4.78 is 32.8. The van der Waals surface area contributed by atoms with Crippen LogP contribution in [0.3, 0.4) is 0 Å². The molecule has 0 bridgehead atoms. The number of anilines is 1. The fourth-order valence-electron chi connectivity index (χ4n) is 2.11. The van der Waals surface area contributed by atoms with Crippen LogP contribution < -0.4 is 9.62 Å². The molecule has 1 aromatic carbocycles. The molecule has 1 N–H and O–H groups in total. The fourth-order valence-corrected chi connectivity index (χ4v) is 3.12. The number of nitrogens with one attached hydrogen (secondary N) is 1. The van der Waals surface area contributed by atoms with Crippen molar-refractivity contribution in [3.05, 3.63) is 29.8 Å². The predicted molar refractivity (Wildman–Crippen MR) is 98.3 cm³/mol. The number of unbranched alkanes of at least 4 members (excludes halogenated alkanes) is 4. The van der Waals surface area contributed by atoms with Crippen LogP contribution in [0.1, 0.15) is 48.9 Å². The van der Waals surface area contributed by atoms with Gasteiger partial charge in [0.1, 0.15) is 6.72 Å². The Kier molecular flexibility index (Phi) is 10.6. The van der Waals surface area contributed by atoms with Gasteiger partial charge in [-0.15, -0.1) is 0 Å². The second kappa shape index (κ2) is 11.9. The summed E-state index contributed by atoms with van der Waals surface area (Å²) in [6.45, 7) is -2.99. The molecule has 2 unspecified atom stereocenters. The van der Waals surface area contributed by atoms with Gasteiger partial charge in [0, 0.05) is 36.0 Å². The van der Waals surface area contributed by atoms with Crippen molar-refractivity contribution in [2.75, 3.05) is 18.4 Å². The molecule has 0 saturated carbocycles. The van der Waals surface area contributed by atoms with E-state index in [2.05, 4.69) is 21.1 Å². The molecule has 10 heteroatoms. The second-order valence-electron chi connectivity index (χ2n) is 5.32. The van der Waals surface area contributed by atoms with Gasteiger partial charge in [-0.2, -0.15) is 0 Å². The van der Waals surface area contributed by atoms with E-state index in [1.54, 1.807) is 24.3 Å². The number of benzene rings is 1. The smallest absolute Gasteiger partial charge is 0.162 e. The molecule has 0 fully saturated rings. The first-order chi connectivity index (χ1) is 11.8. The van der Waals surface area contributed by atoms with E-state index in [0.717, 1.165) is 32.1 Å². The quantitative estimate of drug-likeness (QED) is 0.232. The maximum atomic E-state index is 12.0. The van der Waals surface area contributed by atoms with Gasteiger partial charge >= 0.3 is 0 Å². The molecule has 0 aliphatic heterocycles. The molecular weight excluding hydrogens is 385 g/mol. The lowest BCUT2D eigenvalue weighted by molar-refractivity contribution is -0.204. The molecule has 0 amide bonds. The van der Waals surface area contributed by atoms with E-state index in [1.165, 1.54) is 7.11 Å². The maximum Gasteiger partial charge on any atom is 0.162 e. The van der Waals surface area contributed by atoms with E-state index in [0.29, 0.717) is 24.3 Å². The van der Waals surface area contributed by atoms with Crippen LogP contribution in [0.2, 0.25) is 0 Å². The third-order valence-corrected chi connectivity index (χ3v) is 5.54. The molecule has 7 nitrogen and oxygen atoms in total. The monoisotopic (exact) mass is 407 g/mol. The first kappa shape index (κ1) is 22.4. The van der Waals surface area contributed by atoms with Crippen LogP contribution in [0.15, 0.2) is 24.3 Å². The Morgan fingerprint density at radius 3 is 2.40 bits per heavy atom. The van der Waals surface area contributed by atoms with E-state index >= 15 is 0 Å². The highest BCUT2D eigenvalue weighted by Gasteiger charge is 2.06. The Bertz CT molecular complexity index is 611. The van der Waals surface area contributed by atoms with Gasteiger partial charge in [0.15, 0.2) is 5.78 Å². The zero-order valence-electron chi connectivity index (χ0n) is 14.0. The fraction of sp³-hybridized carbons (Fsp3) is 0.533. The van der Waals surface area contributed by atoms with Crippen molar-refractivity contribution in [3.8, 4) is 0 Å². The Morgan fingerprint density at radius 2 is 1.80 bits per heavy atom. The van der Waals surface area contributed by atoms with Crippen LogP contribution in [0.25, 0.3) is 0 Å². The second-order valence-corrected chi connectivity index (χ2v) is 8.85. The van der Waals surface area contributed by atoms with E-state index in [1.807, 2.05) is 0 Å². The minimum atomic E-state index is -3.29. The highest BCUT2D eigenvalue weighted by Crippen LogP contribution is 2.37. The number of ketones is 1. The minimum absolute atomic E-state index is 0.0327. The summed E-state index contributed by atoms with van der Waals surface area (Å²) >= 11 is 2.24. The standard InChI is InChI=1S/C15H24NO6PS2/c1-21-23(18,24)22-12-6-4-2-3-5-7-15(17)13-8-10-14(11-9-13)16-25(19)20/h8-11,16H,2-7,12H2,1H3,(H,18,24)(H,19,20)/p-2. The van der Waals surface area contributed by atoms with E-state index < -0.39 is 18.0 Å². The first-order valence-corrected chi connectivity index (χ1v) is 11.5. The van der Waals surface area contributed by atoms with Gasteiger partial charge in [-0.1, -0.05) is 31.1 Å². The summed E-state index contributed by atoms with van der Waals surface area (Å²) in [7, 11) is 1.26. The van der Waals surface area contributed by atoms with Gasteiger partial charge in [0.05, 0.1) is 6.61 Å². The van der Waals surface area contributed by atoms with Gasteiger partial charge in [0.25, 0.3) is 0 Å². The number of hydrogen-bond acceptors (Lipinski definition) is 7. The highest BCUT2D eigenvalue weighted by atomic mass is 32.5. The predicted octanol–water partition coefficient (Wildman–Crippen LogP) is 2.66. The average molecular weight is 407 g/mol. The van der Waals surface area contributed by atoms with Crippen molar-refractivity contribution in [1.82, 2.24) is 0 Å². The van der Waals surface area contributed by atoms with E-state index in [-0.39, 0.29) is 5.78 Å². The lowest BCUT2D eigenvalue weighted by Crippen LogP contribution is -2.06. The van der Waals surface area contributed by atoms with Crippen molar-refractivity contribution in [2.45, 2.75) is 38.5 Å². The lowest BCUT2D eigenvalue weighted by atomic mass is 10.0. The molecule has 142 valence electrons.